The van der Waals surface area contributed by atoms with Gasteiger partial charge in [-0.3, -0.25) is 14.4 Å². The van der Waals surface area contributed by atoms with Gasteiger partial charge in [-0.2, -0.15) is 5.26 Å². The average Bonchev–Trinajstić information content (AvgIpc) is 2.96. The van der Waals surface area contributed by atoms with E-state index in [4.69, 9.17) is 9.47 Å². The molecule has 0 amide bonds. The molecule has 0 radical (unpaired) electrons. The fourth-order valence-corrected chi connectivity index (χ4v) is 4.15. The number of benzene rings is 1. The van der Waals surface area contributed by atoms with Crippen LogP contribution in [0.5, 0.6) is 11.5 Å². The highest BCUT2D eigenvalue weighted by Crippen LogP contribution is 2.40. The highest BCUT2D eigenvalue weighted by atomic mass is 32.1. The van der Waals surface area contributed by atoms with Gasteiger partial charge in [0.2, 0.25) is 0 Å². The van der Waals surface area contributed by atoms with Gasteiger partial charge >= 0.3 is 11.9 Å². The number of aromatic nitrogens is 2. The van der Waals surface area contributed by atoms with Crippen molar-refractivity contribution < 1.29 is 19.1 Å². The molecule has 2 aromatic heterocycles. The quantitative estimate of drug-likeness (QED) is 0.490. The number of rotatable bonds is 4. The Labute approximate surface area is 163 Å². The molecule has 0 spiro atoms. The van der Waals surface area contributed by atoms with Crippen molar-refractivity contribution in [3.05, 3.63) is 33.2 Å². The van der Waals surface area contributed by atoms with Gasteiger partial charge in [0.05, 0.1) is 15.9 Å². The van der Waals surface area contributed by atoms with E-state index in [1.807, 2.05) is 13.0 Å². The van der Waals surface area contributed by atoms with Crippen LogP contribution >= 0.6 is 11.3 Å². The van der Waals surface area contributed by atoms with Gasteiger partial charge in [0.15, 0.2) is 16.5 Å². The van der Waals surface area contributed by atoms with Gasteiger partial charge in [-0.05, 0) is 13.3 Å². The summed E-state index contributed by atoms with van der Waals surface area (Å²) in [6.07, 6.45) is 1.26. The number of aryl methyl sites for hydroxylation is 2. The van der Waals surface area contributed by atoms with Crippen LogP contribution in [0.3, 0.4) is 0 Å². The Hall–Kier alpha value is -3.25. The molecular formula is C19H17N3O5S. The van der Waals surface area contributed by atoms with Gasteiger partial charge < -0.3 is 9.47 Å². The van der Waals surface area contributed by atoms with Crippen LogP contribution < -0.4 is 15.0 Å². The van der Waals surface area contributed by atoms with E-state index in [2.05, 4.69) is 4.98 Å². The second kappa shape index (κ2) is 7.40. The highest BCUT2D eigenvalue weighted by molar-refractivity contribution is 7.23. The molecule has 0 aliphatic carbocycles. The molecular weight excluding hydrogens is 382 g/mol. The van der Waals surface area contributed by atoms with Gasteiger partial charge in [-0.25, -0.2) is 9.38 Å². The van der Waals surface area contributed by atoms with Crippen LogP contribution in [-0.4, -0.2) is 21.3 Å². The molecule has 0 saturated heterocycles. The molecule has 144 valence electrons. The van der Waals surface area contributed by atoms with Crippen molar-refractivity contribution in [2.24, 2.45) is 0 Å². The zero-order valence-corrected chi connectivity index (χ0v) is 16.6. The number of nitrogens with zero attached hydrogens (tertiary/aromatic N) is 3. The summed E-state index contributed by atoms with van der Waals surface area (Å²) in [5.41, 5.74) is 0.880. The minimum atomic E-state index is -0.594. The summed E-state index contributed by atoms with van der Waals surface area (Å²) in [6, 6.07) is 3.49. The SMILES string of the molecule is CCCc1nc2sc3cc(OC(C)=O)c(OC(C)=O)c(C)c3n2c(=O)c1C#N. The van der Waals surface area contributed by atoms with Crippen LogP contribution in [0.1, 0.15) is 44.0 Å². The highest BCUT2D eigenvalue weighted by Gasteiger charge is 2.23. The average molecular weight is 399 g/mol. The van der Waals surface area contributed by atoms with E-state index < -0.39 is 17.5 Å². The van der Waals surface area contributed by atoms with E-state index in [0.717, 1.165) is 6.42 Å². The van der Waals surface area contributed by atoms with Crippen molar-refractivity contribution in [1.82, 2.24) is 9.38 Å². The number of nitriles is 1. The third-order valence-corrected chi connectivity index (χ3v) is 5.05. The van der Waals surface area contributed by atoms with E-state index in [1.54, 1.807) is 6.92 Å². The number of carbonyl (C=O) groups excluding carboxylic acids is 2. The molecule has 28 heavy (non-hydrogen) atoms. The van der Waals surface area contributed by atoms with E-state index in [-0.39, 0.29) is 17.1 Å². The predicted molar refractivity (Wildman–Crippen MR) is 103 cm³/mol. The van der Waals surface area contributed by atoms with Crippen LogP contribution in [0.4, 0.5) is 0 Å². The minimum Gasteiger partial charge on any atom is -0.423 e. The lowest BCUT2D eigenvalue weighted by Crippen LogP contribution is -2.20. The van der Waals surface area contributed by atoms with Gasteiger partial charge in [0, 0.05) is 25.5 Å². The molecule has 0 unspecified atom stereocenters. The van der Waals surface area contributed by atoms with Crippen molar-refractivity contribution in [2.45, 2.75) is 40.5 Å². The van der Waals surface area contributed by atoms with E-state index in [1.165, 1.54) is 35.7 Å². The molecule has 9 heteroatoms. The Morgan fingerprint density at radius 3 is 2.54 bits per heavy atom. The molecule has 0 bridgehead atoms. The molecule has 0 aliphatic rings. The normalized spacial score (nSPS) is 10.8. The Kier molecular flexibility index (Phi) is 5.16. The van der Waals surface area contributed by atoms with Crippen LogP contribution in [0, 0.1) is 18.3 Å². The lowest BCUT2D eigenvalue weighted by molar-refractivity contribution is -0.134. The van der Waals surface area contributed by atoms with E-state index in [9.17, 15) is 19.6 Å². The number of carbonyl (C=O) groups is 2. The number of ether oxygens (including phenoxy) is 2. The lowest BCUT2D eigenvalue weighted by atomic mass is 10.1. The molecule has 0 aliphatic heterocycles. The van der Waals surface area contributed by atoms with Crippen molar-refractivity contribution in [2.75, 3.05) is 0 Å². The first kappa shape index (κ1) is 19.5. The van der Waals surface area contributed by atoms with E-state index in [0.29, 0.717) is 32.9 Å². The number of fused-ring (bicyclic) bond motifs is 3. The predicted octanol–water partition coefficient (Wildman–Crippen LogP) is 2.89. The lowest BCUT2D eigenvalue weighted by Gasteiger charge is -2.12. The molecule has 3 aromatic rings. The molecule has 0 fully saturated rings. The van der Waals surface area contributed by atoms with Crippen molar-refractivity contribution >= 4 is 38.5 Å². The minimum absolute atomic E-state index is 0.00320. The molecule has 8 nitrogen and oxygen atoms in total. The van der Waals surface area contributed by atoms with Crippen LogP contribution in [0.25, 0.3) is 15.2 Å². The summed E-state index contributed by atoms with van der Waals surface area (Å²) in [5.74, 6) is -1.02. The monoisotopic (exact) mass is 399 g/mol. The van der Waals surface area contributed by atoms with Gasteiger partial charge in [0.1, 0.15) is 11.6 Å². The molecule has 0 saturated carbocycles. The largest absolute Gasteiger partial charge is 0.423 e. The van der Waals surface area contributed by atoms with Crippen molar-refractivity contribution in [1.29, 1.82) is 5.26 Å². The Balaban J connectivity index is 2.45. The van der Waals surface area contributed by atoms with Crippen LogP contribution in [0.15, 0.2) is 10.9 Å². The summed E-state index contributed by atoms with van der Waals surface area (Å²) in [6.45, 7) is 6.06. The fourth-order valence-electron chi connectivity index (χ4n) is 3.02. The first-order valence-corrected chi connectivity index (χ1v) is 9.38. The van der Waals surface area contributed by atoms with Crippen molar-refractivity contribution in [3.63, 3.8) is 0 Å². The summed E-state index contributed by atoms with van der Waals surface area (Å²) >= 11 is 1.23. The number of thiazole rings is 1. The Morgan fingerprint density at radius 2 is 1.96 bits per heavy atom. The third-order valence-electron chi connectivity index (χ3n) is 4.07. The zero-order valence-electron chi connectivity index (χ0n) is 15.8. The molecule has 1 aromatic carbocycles. The van der Waals surface area contributed by atoms with E-state index >= 15 is 0 Å². The number of esters is 2. The maximum atomic E-state index is 13.0. The summed E-state index contributed by atoms with van der Waals surface area (Å²) < 4.78 is 12.4. The first-order chi connectivity index (χ1) is 13.3. The molecule has 3 rings (SSSR count). The molecule has 0 N–H and O–H groups in total. The van der Waals surface area contributed by atoms with Crippen LogP contribution in [-0.2, 0) is 16.0 Å². The summed E-state index contributed by atoms with van der Waals surface area (Å²) in [4.78, 5) is 40.9. The maximum absolute atomic E-state index is 13.0. The second-order valence-electron chi connectivity index (χ2n) is 6.18. The number of hydrogen-bond acceptors (Lipinski definition) is 8. The summed E-state index contributed by atoms with van der Waals surface area (Å²) in [5, 5.41) is 9.45. The Bertz CT molecular complexity index is 1230. The Morgan fingerprint density at radius 1 is 1.29 bits per heavy atom. The molecule has 0 atom stereocenters. The third kappa shape index (κ3) is 3.23. The maximum Gasteiger partial charge on any atom is 0.308 e. The topological polar surface area (TPSA) is 111 Å². The first-order valence-electron chi connectivity index (χ1n) is 8.57. The zero-order chi connectivity index (χ0) is 20.6. The smallest absolute Gasteiger partial charge is 0.308 e. The summed E-state index contributed by atoms with van der Waals surface area (Å²) in [7, 11) is 0. The van der Waals surface area contributed by atoms with Gasteiger partial charge in [-0.15, -0.1) is 0 Å². The van der Waals surface area contributed by atoms with Crippen LogP contribution in [0.2, 0.25) is 0 Å². The van der Waals surface area contributed by atoms with Crippen molar-refractivity contribution in [3.8, 4) is 17.6 Å². The fraction of sp³-hybridized carbons (Fsp3) is 0.316. The standard InChI is InChI=1S/C19H17N3O5S/c1-5-6-13-12(8-20)18(25)22-16-9(2)17(27-11(4)24)14(26-10(3)23)7-15(16)28-19(22)21-13/h7H,5-6H2,1-4H3. The number of hydrogen-bond donors (Lipinski definition) is 0. The second-order valence-corrected chi connectivity index (χ2v) is 7.19. The molecule has 2 heterocycles. The van der Waals surface area contributed by atoms with Gasteiger partial charge in [0.25, 0.3) is 5.56 Å². The van der Waals surface area contributed by atoms with Gasteiger partial charge in [-0.1, -0.05) is 24.7 Å².